The number of piperidine rings is 1. The van der Waals surface area contributed by atoms with Crippen molar-refractivity contribution < 1.29 is 19.4 Å². The molecule has 120 valence electrons. The quantitative estimate of drug-likeness (QED) is 0.846. The lowest BCUT2D eigenvalue weighted by molar-refractivity contribution is -0.143. The molecule has 0 atom stereocenters. The SMILES string of the molecule is COC1CCN(C(=O)CC2(CC(=O)O)CCCCC2)CC1. The van der Waals surface area contributed by atoms with Crippen molar-refractivity contribution in [2.24, 2.45) is 5.41 Å². The molecule has 0 spiro atoms. The lowest BCUT2D eigenvalue weighted by atomic mass is 9.69. The maximum atomic E-state index is 12.5. The number of likely N-dealkylation sites (tertiary alicyclic amines) is 1. The summed E-state index contributed by atoms with van der Waals surface area (Å²) in [7, 11) is 1.71. The normalized spacial score (nSPS) is 23.0. The molecule has 1 heterocycles. The monoisotopic (exact) mass is 297 g/mol. The lowest BCUT2D eigenvalue weighted by Crippen LogP contribution is -2.43. The van der Waals surface area contributed by atoms with Crippen LogP contribution < -0.4 is 0 Å². The number of carbonyl (C=O) groups excluding carboxylic acids is 1. The summed E-state index contributed by atoms with van der Waals surface area (Å²) in [6.07, 6.45) is 7.57. The van der Waals surface area contributed by atoms with E-state index in [0.29, 0.717) is 6.42 Å². The number of carbonyl (C=O) groups is 2. The molecule has 1 saturated heterocycles. The first kappa shape index (κ1) is 16.3. The van der Waals surface area contributed by atoms with E-state index in [1.54, 1.807) is 7.11 Å². The van der Waals surface area contributed by atoms with Crippen LogP contribution in [0.5, 0.6) is 0 Å². The minimum absolute atomic E-state index is 0.132. The number of aliphatic carboxylic acids is 1. The second kappa shape index (κ2) is 7.25. The van der Waals surface area contributed by atoms with Gasteiger partial charge in [-0.15, -0.1) is 0 Å². The minimum Gasteiger partial charge on any atom is -0.481 e. The standard InChI is InChI=1S/C16H27NO4/c1-21-13-5-9-17(10-6-13)14(18)11-16(12-15(19)20)7-3-2-4-8-16/h13H,2-12H2,1H3,(H,19,20). The zero-order chi connectivity index (χ0) is 15.3. The number of nitrogens with zero attached hydrogens (tertiary/aromatic N) is 1. The van der Waals surface area contributed by atoms with E-state index in [1.807, 2.05) is 4.90 Å². The number of hydrogen-bond acceptors (Lipinski definition) is 3. The largest absolute Gasteiger partial charge is 0.481 e. The Morgan fingerprint density at radius 3 is 2.29 bits per heavy atom. The Kier molecular flexibility index (Phi) is 5.62. The molecule has 1 aliphatic carbocycles. The molecule has 1 saturated carbocycles. The zero-order valence-corrected chi connectivity index (χ0v) is 13.0. The van der Waals surface area contributed by atoms with E-state index in [4.69, 9.17) is 4.74 Å². The lowest BCUT2D eigenvalue weighted by Gasteiger charge is -2.38. The molecule has 5 heteroatoms. The molecule has 5 nitrogen and oxygen atoms in total. The number of hydrogen-bond donors (Lipinski definition) is 1. The van der Waals surface area contributed by atoms with Crippen LogP contribution in [0.3, 0.4) is 0 Å². The van der Waals surface area contributed by atoms with Gasteiger partial charge >= 0.3 is 5.97 Å². The summed E-state index contributed by atoms with van der Waals surface area (Å²) in [5.74, 6) is -0.643. The fraction of sp³-hybridized carbons (Fsp3) is 0.875. The van der Waals surface area contributed by atoms with Crippen molar-refractivity contribution in [3.63, 3.8) is 0 Å². The molecule has 2 aliphatic rings. The first-order valence-electron chi connectivity index (χ1n) is 8.07. The number of ether oxygens (including phenoxy) is 1. The van der Waals surface area contributed by atoms with E-state index >= 15 is 0 Å². The molecule has 0 aromatic heterocycles. The number of amides is 1. The second-order valence-electron chi connectivity index (χ2n) is 6.62. The molecule has 2 rings (SSSR count). The van der Waals surface area contributed by atoms with Gasteiger partial charge in [0.2, 0.25) is 5.91 Å². The van der Waals surface area contributed by atoms with Gasteiger partial charge < -0.3 is 14.7 Å². The first-order chi connectivity index (χ1) is 10.0. The molecule has 0 aromatic carbocycles. The van der Waals surface area contributed by atoms with Crippen LogP contribution in [0.25, 0.3) is 0 Å². The van der Waals surface area contributed by atoms with Gasteiger partial charge in [-0.1, -0.05) is 19.3 Å². The molecule has 0 radical (unpaired) electrons. The fourth-order valence-electron chi connectivity index (χ4n) is 3.81. The van der Waals surface area contributed by atoms with Crippen LogP contribution in [-0.4, -0.2) is 48.2 Å². The topological polar surface area (TPSA) is 66.8 Å². The van der Waals surface area contributed by atoms with Crippen LogP contribution in [0.15, 0.2) is 0 Å². The highest BCUT2D eigenvalue weighted by molar-refractivity contribution is 5.78. The van der Waals surface area contributed by atoms with Gasteiger partial charge in [0.1, 0.15) is 0 Å². The third-order valence-corrected chi connectivity index (χ3v) is 5.09. The molecule has 0 unspecified atom stereocenters. The maximum absolute atomic E-state index is 12.5. The highest BCUT2D eigenvalue weighted by atomic mass is 16.5. The summed E-state index contributed by atoms with van der Waals surface area (Å²) in [6.45, 7) is 1.47. The van der Waals surface area contributed by atoms with E-state index in [2.05, 4.69) is 0 Å². The fourth-order valence-corrected chi connectivity index (χ4v) is 3.81. The number of carboxylic acids is 1. The third kappa shape index (κ3) is 4.43. The van der Waals surface area contributed by atoms with E-state index in [9.17, 15) is 14.7 Å². The van der Waals surface area contributed by atoms with Crippen LogP contribution in [0, 0.1) is 5.41 Å². The van der Waals surface area contributed by atoms with Gasteiger partial charge in [0.25, 0.3) is 0 Å². The van der Waals surface area contributed by atoms with Crippen LogP contribution in [0.4, 0.5) is 0 Å². The van der Waals surface area contributed by atoms with Crippen molar-refractivity contribution in [2.75, 3.05) is 20.2 Å². The molecular weight excluding hydrogens is 270 g/mol. The summed E-state index contributed by atoms with van der Waals surface area (Å²) in [5, 5.41) is 9.18. The average Bonchev–Trinajstić information content (AvgIpc) is 2.47. The zero-order valence-electron chi connectivity index (χ0n) is 13.0. The van der Waals surface area contributed by atoms with Gasteiger partial charge in [-0.05, 0) is 31.1 Å². The molecule has 0 bridgehead atoms. The van der Waals surface area contributed by atoms with Crippen LogP contribution in [0.2, 0.25) is 0 Å². The predicted octanol–water partition coefficient (Wildman–Crippen LogP) is 2.44. The Labute approximate surface area is 126 Å². The van der Waals surface area contributed by atoms with Crippen molar-refractivity contribution in [2.45, 2.75) is 63.9 Å². The van der Waals surface area contributed by atoms with Crippen molar-refractivity contribution in [1.29, 1.82) is 0 Å². The van der Waals surface area contributed by atoms with E-state index < -0.39 is 5.97 Å². The molecule has 1 N–H and O–H groups in total. The number of methoxy groups -OCH3 is 1. The minimum atomic E-state index is -0.775. The number of rotatable bonds is 5. The predicted molar refractivity (Wildman–Crippen MR) is 79.0 cm³/mol. The van der Waals surface area contributed by atoms with Crippen molar-refractivity contribution in [3.05, 3.63) is 0 Å². The van der Waals surface area contributed by atoms with E-state index in [1.165, 1.54) is 0 Å². The highest BCUT2D eigenvalue weighted by Crippen LogP contribution is 2.42. The summed E-state index contributed by atoms with van der Waals surface area (Å²) in [5.41, 5.74) is -0.306. The Balaban J connectivity index is 1.93. The smallest absolute Gasteiger partial charge is 0.303 e. The average molecular weight is 297 g/mol. The number of carboxylic acid groups (broad SMARTS) is 1. The molecule has 21 heavy (non-hydrogen) atoms. The molecule has 1 aliphatic heterocycles. The van der Waals surface area contributed by atoms with Crippen molar-refractivity contribution in [3.8, 4) is 0 Å². The maximum Gasteiger partial charge on any atom is 0.303 e. The molecule has 0 aromatic rings. The summed E-state index contributed by atoms with van der Waals surface area (Å²) >= 11 is 0. The summed E-state index contributed by atoms with van der Waals surface area (Å²) < 4.78 is 5.33. The van der Waals surface area contributed by atoms with Gasteiger partial charge in [0.05, 0.1) is 12.5 Å². The summed E-state index contributed by atoms with van der Waals surface area (Å²) in [6, 6.07) is 0. The molecular formula is C16H27NO4. The Bertz CT molecular complexity index is 368. The van der Waals surface area contributed by atoms with Gasteiger partial charge in [-0.3, -0.25) is 9.59 Å². The van der Waals surface area contributed by atoms with Crippen molar-refractivity contribution >= 4 is 11.9 Å². The highest BCUT2D eigenvalue weighted by Gasteiger charge is 2.38. The van der Waals surface area contributed by atoms with E-state index in [-0.39, 0.29) is 23.8 Å². The van der Waals surface area contributed by atoms with Crippen LogP contribution in [-0.2, 0) is 14.3 Å². The molecule has 2 fully saturated rings. The second-order valence-corrected chi connectivity index (χ2v) is 6.62. The summed E-state index contributed by atoms with van der Waals surface area (Å²) in [4.78, 5) is 25.6. The van der Waals surface area contributed by atoms with E-state index in [0.717, 1.165) is 58.0 Å². The van der Waals surface area contributed by atoms with Gasteiger partial charge in [-0.2, -0.15) is 0 Å². The Morgan fingerprint density at radius 2 is 1.76 bits per heavy atom. The first-order valence-corrected chi connectivity index (χ1v) is 8.07. The van der Waals surface area contributed by atoms with Crippen molar-refractivity contribution in [1.82, 2.24) is 4.90 Å². The van der Waals surface area contributed by atoms with Crippen LogP contribution >= 0.6 is 0 Å². The third-order valence-electron chi connectivity index (χ3n) is 5.09. The van der Waals surface area contributed by atoms with Gasteiger partial charge in [-0.25, -0.2) is 0 Å². The van der Waals surface area contributed by atoms with Gasteiger partial charge in [0, 0.05) is 26.6 Å². The Hall–Kier alpha value is -1.10. The Morgan fingerprint density at radius 1 is 1.14 bits per heavy atom. The van der Waals surface area contributed by atoms with Gasteiger partial charge in [0.15, 0.2) is 0 Å². The van der Waals surface area contributed by atoms with Crippen LogP contribution in [0.1, 0.15) is 57.8 Å². The molecule has 1 amide bonds.